The number of carboxylic acids is 2. The molecule has 0 saturated heterocycles. The molecule has 0 spiro atoms. The van der Waals surface area contributed by atoms with E-state index in [0.29, 0.717) is 0 Å². The van der Waals surface area contributed by atoms with Gasteiger partial charge < -0.3 is 21.7 Å². The molecule has 0 aliphatic rings. The molecule has 0 fully saturated rings. The lowest BCUT2D eigenvalue weighted by atomic mass is 10.4. The molecular weight excluding hydrogens is 264 g/mol. The number of rotatable bonds is 7. The third-order valence-corrected chi connectivity index (χ3v) is 3.69. The second-order valence-corrected chi connectivity index (χ2v) is 5.01. The highest BCUT2D eigenvalue weighted by atomic mass is 35.5. The summed E-state index contributed by atoms with van der Waals surface area (Å²) in [4.78, 5) is 20.5. The molecule has 0 aromatic rings. The molecule has 6 nitrogen and oxygen atoms in total. The molecule has 0 bridgehead atoms. The Balaban J connectivity index is -0.000000282. The molecule has 9 heteroatoms. The highest BCUT2D eigenvalue weighted by Gasteiger charge is 2.14. The molecule has 0 heterocycles. The molecule has 0 aliphatic carbocycles. The van der Waals surface area contributed by atoms with Crippen LogP contribution in [0.25, 0.3) is 0 Å². The Hall–Kier alpha value is -0.150. The molecule has 0 aromatic carbocycles. The summed E-state index contributed by atoms with van der Waals surface area (Å²) in [5.41, 5.74) is 10.4. The summed E-state index contributed by atoms with van der Waals surface area (Å²) in [6, 6.07) is -1.85. The molecule has 6 N–H and O–H groups in total. The van der Waals surface area contributed by atoms with Crippen molar-refractivity contribution in [3.63, 3.8) is 0 Å². The summed E-state index contributed by atoms with van der Waals surface area (Å²) in [6.07, 6.45) is 0. The molecule has 2 atom stereocenters. The lowest BCUT2D eigenvalue weighted by Gasteiger charge is -2.07. The minimum Gasteiger partial charge on any atom is -0.480 e. The van der Waals surface area contributed by atoms with Gasteiger partial charge in [-0.2, -0.15) is 0 Å². The number of aliphatic carboxylic acids is 2. The quantitative estimate of drug-likeness (QED) is 0.374. The normalized spacial score (nSPS) is 13.7. The smallest absolute Gasteiger partial charge is 0.480 e. The first-order valence-corrected chi connectivity index (χ1v) is 6.15. The summed E-state index contributed by atoms with van der Waals surface area (Å²) < 4.78 is 0. The van der Waals surface area contributed by atoms with Crippen LogP contribution in [0.2, 0.25) is 0 Å². The number of hydrogen-bond acceptors (Lipinski definition) is 6. The van der Waals surface area contributed by atoms with E-state index >= 15 is 0 Å². The van der Waals surface area contributed by atoms with E-state index in [1.807, 2.05) is 0 Å². The Bertz CT molecular complexity index is 206. The van der Waals surface area contributed by atoms with Crippen LogP contribution in [0.15, 0.2) is 0 Å². The number of carboxylic acid groups (broad SMARTS) is 2. The second kappa shape index (κ2) is 9.10. The minimum absolute atomic E-state index is 0. The predicted octanol–water partition coefficient (Wildman–Crippen LogP) is -0.162. The zero-order valence-electron chi connectivity index (χ0n) is 9.66. The highest BCUT2D eigenvalue weighted by molar-refractivity contribution is 8.76. The maximum absolute atomic E-state index is 10.3. The van der Waals surface area contributed by atoms with Gasteiger partial charge in [-0.3, -0.25) is 9.59 Å². The van der Waals surface area contributed by atoms with Crippen LogP contribution in [0, 0.1) is 0 Å². The maximum atomic E-state index is 10.3. The van der Waals surface area contributed by atoms with Gasteiger partial charge in [0.1, 0.15) is 12.1 Å². The summed E-state index contributed by atoms with van der Waals surface area (Å²) in [6.45, 7) is 0. The summed E-state index contributed by atoms with van der Waals surface area (Å²) in [5.74, 6) is -1.68. The fraction of sp³-hybridized carbons (Fsp3) is 0.667. The average Bonchev–Trinajstić information content (AvgIpc) is 2.11. The highest BCUT2D eigenvalue weighted by Crippen LogP contribution is 2.22. The summed E-state index contributed by atoms with van der Waals surface area (Å²) >= 11 is 0. The van der Waals surface area contributed by atoms with Crippen LogP contribution in [0.1, 0.15) is 2.85 Å². The van der Waals surface area contributed by atoms with Crippen molar-refractivity contribution >= 4 is 45.9 Å². The molecule has 0 rings (SSSR count). The molecule has 0 saturated carbocycles. The molecule has 0 radical (unpaired) electrons. The number of carbonyl (C=O) groups is 2. The lowest BCUT2D eigenvalue weighted by Crippen LogP contribution is -2.33. The Morgan fingerprint density at radius 1 is 1.07 bits per heavy atom. The maximum Gasteiger partial charge on any atom is 1.00 e. The lowest BCUT2D eigenvalue weighted by molar-refractivity contribution is -0.138. The fourth-order valence-corrected chi connectivity index (χ4v) is 2.61. The van der Waals surface area contributed by atoms with E-state index in [-0.39, 0.29) is 26.8 Å². The topological polar surface area (TPSA) is 127 Å². The first-order chi connectivity index (χ1) is 6.45. The van der Waals surface area contributed by atoms with E-state index in [0.717, 1.165) is 0 Å². The van der Waals surface area contributed by atoms with Gasteiger partial charge in [0.05, 0.1) is 0 Å². The van der Waals surface area contributed by atoms with Crippen molar-refractivity contribution < 1.29 is 22.7 Å². The van der Waals surface area contributed by atoms with Crippen molar-refractivity contribution in [2.75, 3.05) is 11.5 Å². The van der Waals surface area contributed by atoms with Gasteiger partial charge in [-0.15, -0.1) is 12.4 Å². The van der Waals surface area contributed by atoms with Gasteiger partial charge in [0.25, 0.3) is 0 Å². The average molecular weight is 279 g/mol. The van der Waals surface area contributed by atoms with Gasteiger partial charge in [0, 0.05) is 11.5 Å². The zero-order chi connectivity index (χ0) is 11.1. The monoisotopic (exact) mass is 278 g/mol. The molecule has 90 valence electrons. The van der Waals surface area contributed by atoms with Crippen LogP contribution in [-0.4, -0.2) is 45.7 Å². The minimum atomic E-state index is -1.07. The first kappa shape index (κ1) is 17.3. The van der Waals surface area contributed by atoms with Crippen LogP contribution in [0.4, 0.5) is 0 Å². The molecule has 0 aliphatic heterocycles. The van der Waals surface area contributed by atoms with E-state index < -0.39 is 24.0 Å². The van der Waals surface area contributed by atoms with Gasteiger partial charge in [-0.25, -0.2) is 0 Å². The van der Waals surface area contributed by atoms with Gasteiger partial charge in [-0.05, 0) is 0 Å². The largest absolute Gasteiger partial charge is 1.00 e. The SMILES string of the molecule is Cl.NC(CSSCC(N)C(=O)O)C(=O)O.[H+].[H+]. The van der Waals surface area contributed by atoms with Crippen LogP contribution >= 0.6 is 34.0 Å². The second-order valence-electron chi connectivity index (χ2n) is 2.46. The number of nitrogens with two attached hydrogens (primary N) is 2. The standard InChI is InChI=1S/C6H12N2O4S2.ClH/c7-3(5(9)10)1-13-14-2-4(8)6(11)12;/h3-4H,1-2,7-8H2,(H,9,10)(H,11,12);1H/p+2. The third-order valence-electron chi connectivity index (χ3n) is 1.21. The van der Waals surface area contributed by atoms with Crippen LogP contribution in [0.3, 0.4) is 0 Å². The Morgan fingerprint density at radius 3 is 1.53 bits per heavy atom. The van der Waals surface area contributed by atoms with Crippen LogP contribution in [-0.2, 0) is 9.59 Å². The van der Waals surface area contributed by atoms with Crippen molar-refractivity contribution in [2.24, 2.45) is 11.5 Å². The van der Waals surface area contributed by atoms with Crippen molar-refractivity contribution in [1.29, 1.82) is 0 Å². The molecule has 15 heavy (non-hydrogen) atoms. The van der Waals surface area contributed by atoms with Crippen molar-refractivity contribution in [2.45, 2.75) is 12.1 Å². The zero-order valence-corrected chi connectivity index (χ0v) is 10.1. The van der Waals surface area contributed by atoms with E-state index in [2.05, 4.69) is 0 Å². The van der Waals surface area contributed by atoms with Crippen molar-refractivity contribution in [3.05, 3.63) is 0 Å². The van der Waals surface area contributed by atoms with E-state index in [4.69, 9.17) is 21.7 Å². The summed E-state index contributed by atoms with van der Waals surface area (Å²) in [5, 5.41) is 16.8. The third kappa shape index (κ3) is 8.82. The fourth-order valence-electron chi connectivity index (χ4n) is 0.385. The van der Waals surface area contributed by atoms with Gasteiger partial charge >= 0.3 is 14.8 Å². The van der Waals surface area contributed by atoms with Gasteiger partial charge in [-0.1, -0.05) is 21.6 Å². The number of halogens is 1. The van der Waals surface area contributed by atoms with Crippen molar-refractivity contribution in [3.8, 4) is 0 Å². The van der Waals surface area contributed by atoms with Crippen LogP contribution < -0.4 is 11.5 Å². The molecule has 2 unspecified atom stereocenters. The predicted molar refractivity (Wildman–Crippen MR) is 65.6 cm³/mol. The molecule has 0 aromatic heterocycles. The first-order valence-electron chi connectivity index (χ1n) is 3.66. The summed E-state index contributed by atoms with van der Waals surface area (Å²) in [7, 11) is 2.41. The van der Waals surface area contributed by atoms with Gasteiger partial charge in [0.2, 0.25) is 0 Å². The Kier molecular flexibility index (Phi) is 10.5. The van der Waals surface area contributed by atoms with Gasteiger partial charge in [0.15, 0.2) is 0 Å². The van der Waals surface area contributed by atoms with E-state index in [1.54, 1.807) is 0 Å². The molecule has 0 amide bonds. The van der Waals surface area contributed by atoms with E-state index in [1.165, 1.54) is 21.6 Å². The Labute approximate surface area is 104 Å². The van der Waals surface area contributed by atoms with Crippen LogP contribution in [0.5, 0.6) is 0 Å². The Morgan fingerprint density at radius 2 is 1.33 bits per heavy atom. The van der Waals surface area contributed by atoms with E-state index in [9.17, 15) is 9.59 Å². The number of hydrogen-bond donors (Lipinski definition) is 4. The molecular formula is C6H15ClN2O4S2+2. The van der Waals surface area contributed by atoms with Crippen molar-refractivity contribution in [1.82, 2.24) is 0 Å².